The average molecular weight is 250 g/mol. The zero-order valence-corrected chi connectivity index (χ0v) is 10.3. The first-order valence-corrected chi connectivity index (χ1v) is 6.90. The van der Waals surface area contributed by atoms with E-state index in [-0.39, 0.29) is 5.75 Å². The second kappa shape index (κ2) is 4.73. The Morgan fingerprint density at radius 3 is 2.53 bits per heavy atom. The van der Waals surface area contributed by atoms with Crippen LogP contribution >= 0.6 is 0 Å². The molecule has 0 spiro atoms. The Morgan fingerprint density at radius 2 is 1.88 bits per heavy atom. The first-order chi connectivity index (χ1) is 8.12. The van der Waals surface area contributed by atoms with Crippen LogP contribution in [0.25, 0.3) is 11.3 Å². The van der Waals surface area contributed by atoms with Crippen molar-refractivity contribution in [2.24, 2.45) is 0 Å². The third-order valence-corrected chi connectivity index (χ3v) is 3.87. The molecular formula is C12H14N2O2S. The lowest BCUT2D eigenvalue weighted by molar-refractivity contribution is 0.587. The van der Waals surface area contributed by atoms with E-state index >= 15 is 0 Å². The third kappa shape index (κ3) is 2.75. The average Bonchev–Trinajstić information content (AvgIpc) is 2.77. The molecule has 0 fully saturated rings. The molecule has 0 saturated heterocycles. The zero-order valence-electron chi connectivity index (χ0n) is 9.47. The predicted octanol–water partition coefficient (Wildman–Crippen LogP) is 1.73. The molecule has 0 amide bonds. The molecule has 2 aromatic rings. The number of nitrogens with one attached hydrogen (secondary N) is 2. The molecule has 2 N–H and O–H groups in total. The van der Waals surface area contributed by atoms with E-state index in [1.54, 1.807) is 12.3 Å². The minimum Gasteiger partial charge on any atom is -0.361 e. The molecule has 0 radical (unpaired) electrons. The summed E-state index contributed by atoms with van der Waals surface area (Å²) in [6, 6.07) is 11.5. The van der Waals surface area contributed by atoms with Crippen LogP contribution in [0.2, 0.25) is 0 Å². The van der Waals surface area contributed by atoms with E-state index in [9.17, 15) is 8.42 Å². The van der Waals surface area contributed by atoms with E-state index in [1.807, 2.05) is 30.3 Å². The van der Waals surface area contributed by atoms with Crippen molar-refractivity contribution in [3.8, 4) is 11.3 Å². The smallest absolute Gasteiger partial charge is 0.215 e. The van der Waals surface area contributed by atoms with E-state index in [4.69, 9.17) is 0 Å². The molecule has 0 aliphatic carbocycles. The summed E-state index contributed by atoms with van der Waals surface area (Å²) in [6.45, 7) is 0. The first kappa shape index (κ1) is 11.9. The van der Waals surface area contributed by atoms with Crippen LogP contribution in [-0.4, -0.2) is 20.4 Å². The molecule has 0 aliphatic heterocycles. The van der Waals surface area contributed by atoms with Gasteiger partial charge in [0.05, 0.1) is 5.75 Å². The maximum Gasteiger partial charge on any atom is 0.215 e. The predicted molar refractivity (Wildman–Crippen MR) is 67.9 cm³/mol. The van der Waals surface area contributed by atoms with Crippen LogP contribution in [0, 0.1) is 0 Å². The molecule has 5 heteroatoms. The highest BCUT2D eigenvalue weighted by Crippen LogP contribution is 2.22. The van der Waals surface area contributed by atoms with Crippen LogP contribution in [0.3, 0.4) is 0 Å². The Balaban J connectivity index is 2.36. The maximum absolute atomic E-state index is 11.5. The van der Waals surface area contributed by atoms with Gasteiger partial charge in [0.25, 0.3) is 0 Å². The molecule has 4 nitrogen and oxygen atoms in total. The highest BCUT2D eigenvalue weighted by atomic mass is 32.2. The minimum atomic E-state index is -3.24. The van der Waals surface area contributed by atoms with E-state index in [0.29, 0.717) is 0 Å². The van der Waals surface area contributed by atoms with Gasteiger partial charge in [0.2, 0.25) is 10.0 Å². The molecule has 0 saturated carbocycles. The molecule has 0 bridgehead atoms. The fourth-order valence-electron chi connectivity index (χ4n) is 1.67. The van der Waals surface area contributed by atoms with Gasteiger partial charge >= 0.3 is 0 Å². The van der Waals surface area contributed by atoms with Crippen LogP contribution in [0.4, 0.5) is 0 Å². The summed E-state index contributed by atoms with van der Waals surface area (Å²) in [5, 5.41) is 0. The standard InChI is InChI=1S/C12H14N2O2S/c1-13-17(15,16)9-11-7-8-14-12(11)10-5-3-2-4-6-10/h2-8,13-14H,9H2,1H3. The van der Waals surface area contributed by atoms with Crippen molar-refractivity contribution in [3.05, 3.63) is 48.2 Å². The molecule has 1 aromatic carbocycles. The Hall–Kier alpha value is -1.59. The van der Waals surface area contributed by atoms with Crippen molar-refractivity contribution >= 4 is 10.0 Å². The van der Waals surface area contributed by atoms with Crippen molar-refractivity contribution < 1.29 is 8.42 Å². The van der Waals surface area contributed by atoms with Crippen LogP contribution in [0.15, 0.2) is 42.6 Å². The number of benzene rings is 1. The second-order valence-corrected chi connectivity index (χ2v) is 5.63. The minimum absolute atomic E-state index is 0.0166. The Bertz CT molecular complexity index is 588. The van der Waals surface area contributed by atoms with E-state index in [1.165, 1.54) is 7.05 Å². The van der Waals surface area contributed by atoms with Crippen molar-refractivity contribution in [2.75, 3.05) is 7.05 Å². The van der Waals surface area contributed by atoms with Crippen molar-refractivity contribution in [1.29, 1.82) is 0 Å². The molecule has 1 heterocycles. The number of hydrogen-bond acceptors (Lipinski definition) is 2. The normalized spacial score (nSPS) is 11.6. The molecule has 17 heavy (non-hydrogen) atoms. The molecular weight excluding hydrogens is 236 g/mol. The molecule has 0 aliphatic rings. The molecule has 0 unspecified atom stereocenters. The fraction of sp³-hybridized carbons (Fsp3) is 0.167. The summed E-state index contributed by atoms with van der Waals surface area (Å²) >= 11 is 0. The van der Waals surface area contributed by atoms with E-state index < -0.39 is 10.0 Å². The summed E-state index contributed by atoms with van der Waals surface area (Å²) in [5.41, 5.74) is 2.61. The van der Waals surface area contributed by atoms with Crippen LogP contribution in [0.5, 0.6) is 0 Å². The highest BCUT2D eigenvalue weighted by Gasteiger charge is 2.13. The highest BCUT2D eigenvalue weighted by molar-refractivity contribution is 7.88. The monoisotopic (exact) mass is 250 g/mol. The van der Waals surface area contributed by atoms with Gasteiger partial charge in [-0.2, -0.15) is 0 Å². The zero-order chi connectivity index (χ0) is 12.3. The quantitative estimate of drug-likeness (QED) is 0.868. The molecule has 2 rings (SSSR count). The number of hydrogen-bond donors (Lipinski definition) is 2. The molecule has 0 atom stereocenters. The van der Waals surface area contributed by atoms with Gasteiger partial charge < -0.3 is 4.98 Å². The largest absolute Gasteiger partial charge is 0.361 e. The van der Waals surface area contributed by atoms with Gasteiger partial charge in [-0.1, -0.05) is 30.3 Å². The summed E-state index contributed by atoms with van der Waals surface area (Å²) < 4.78 is 25.4. The van der Waals surface area contributed by atoms with Gasteiger partial charge in [-0.3, -0.25) is 0 Å². The van der Waals surface area contributed by atoms with Crippen molar-refractivity contribution in [1.82, 2.24) is 9.71 Å². The first-order valence-electron chi connectivity index (χ1n) is 5.25. The lowest BCUT2D eigenvalue weighted by atomic mass is 10.1. The van der Waals surface area contributed by atoms with Gasteiger partial charge in [-0.05, 0) is 24.2 Å². The van der Waals surface area contributed by atoms with Gasteiger partial charge in [-0.15, -0.1) is 0 Å². The van der Waals surface area contributed by atoms with Crippen LogP contribution in [0.1, 0.15) is 5.56 Å². The number of aromatic nitrogens is 1. The summed E-state index contributed by atoms with van der Waals surface area (Å²) in [4.78, 5) is 3.08. The topological polar surface area (TPSA) is 62.0 Å². The fourth-order valence-corrected chi connectivity index (χ4v) is 2.47. The number of aromatic amines is 1. The lowest BCUT2D eigenvalue weighted by Crippen LogP contribution is -2.20. The Labute approximate surface area is 101 Å². The number of sulfonamides is 1. The number of H-pyrrole nitrogens is 1. The summed E-state index contributed by atoms with van der Waals surface area (Å²) in [6.07, 6.45) is 1.75. The van der Waals surface area contributed by atoms with E-state index in [2.05, 4.69) is 9.71 Å². The third-order valence-electron chi connectivity index (χ3n) is 2.55. The molecule has 90 valence electrons. The second-order valence-electron chi connectivity index (χ2n) is 3.71. The number of rotatable bonds is 4. The lowest BCUT2D eigenvalue weighted by Gasteiger charge is -2.05. The van der Waals surface area contributed by atoms with Gasteiger partial charge in [0.15, 0.2) is 0 Å². The van der Waals surface area contributed by atoms with Gasteiger partial charge in [0.1, 0.15) is 0 Å². The SMILES string of the molecule is CNS(=O)(=O)Cc1cc[nH]c1-c1ccccc1. The van der Waals surface area contributed by atoms with Crippen LogP contribution in [-0.2, 0) is 15.8 Å². The van der Waals surface area contributed by atoms with Crippen molar-refractivity contribution in [2.45, 2.75) is 5.75 Å². The Kier molecular flexibility index (Phi) is 3.31. The summed E-state index contributed by atoms with van der Waals surface area (Å²) in [5.74, 6) is -0.0166. The Morgan fingerprint density at radius 1 is 1.18 bits per heavy atom. The summed E-state index contributed by atoms with van der Waals surface area (Å²) in [7, 11) is -1.82. The molecule has 1 aromatic heterocycles. The van der Waals surface area contributed by atoms with Gasteiger partial charge in [0, 0.05) is 11.9 Å². The van der Waals surface area contributed by atoms with Crippen molar-refractivity contribution in [3.63, 3.8) is 0 Å². The van der Waals surface area contributed by atoms with E-state index in [0.717, 1.165) is 16.8 Å². The van der Waals surface area contributed by atoms with Gasteiger partial charge in [-0.25, -0.2) is 13.1 Å². The van der Waals surface area contributed by atoms with Crippen LogP contribution < -0.4 is 4.72 Å². The maximum atomic E-state index is 11.5.